The molecule has 18 nitrogen and oxygen atoms in total. The molecule has 1 aliphatic rings. The van der Waals surface area contributed by atoms with Gasteiger partial charge >= 0.3 is 99.3 Å². The van der Waals surface area contributed by atoms with Gasteiger partial charge in [0.05, 0.1) is 59.4 Å². The molecule has 7 N–H and O–H groups in total. The van der Waals surface area contributed by atoms with Crippen LogP contribution in [0.3, 0.4) is 0 Å². The molecule has 0 spiro atoms. The van der Waals surface area contributed by atoms with E-state index in [2.05, 4.69) is 5.32 Å². The quantitative estimate of drug-likeness (QED) is 0.0893. The zero-order valence-electron chi connectivity index (χ0n) is 21.7. The van der Waals surface area contributed by atoms with Gasteiger partial charge in [0.1, 0.15) is 0 Å². The first-order chi connectivity index (χ1) is 19.0. The van der Waals surface area contributed by atoms with Crippen molar-refractivity contribution in [2.24, 2.45) is 0 Å². The maximum atomic E-state index is 12.6. The predicted octanol–water partition coefficient (Wildman–Crippen LogP) is -6.57. The van der Waals surface area contributed by atoms with Gasteiger partial charge in [-0.2, -0.15) is 0 Å². The fourth-order valence-corrected chi connectivity index (χ4v) is 3.32. The van der Waals surface area contributed by atoms with E-state index in [0.717, 1.165) is 0 Å². The Morgan fingerprint density at radius 1 is 0.636 bits per heavy atom. The molecule has 0 aliphatic carbocycles. The molecule has 1 fully saturated rings. The van der Waals surface area contributed by atoms with Crippen molar-refractivity contribution in [1.29, 1.82) is 0 Å². The van der Waals surface area contributed by atoms with Gasteiger partial charge in [-0.05, 0) is 0 Å². The average Bonchev–Trinajstić information content (AvgIpc) is 2.87. The van der Waals surface area contributed by atoms with Crippen LogP contribution in [0.5, 0.6) is 0 Å². The van der Waals surface area contributed by atoms with E-state index in [9.17, 15) is 28.8 Å². The molecule has 44 heavy (non-hydrogen) atoms. The van der Waals surface area contributed by atoms with Crippen LogP contribution in [0.25, 0.3) is 0 Å². The second-order valence-corrected chi connectivity index (χ2v) is 8.34. The second kappa shape index (κ2) is 29.4. The molecule has 22 heteroatoms. The molecule has 1 heterocycles. The van der Waals surface area contributed by atoms with E-state index in [4.69, 9.17) is 39.4 Å². The van der Waals surface area contributed by atoms with Crippen LogP contribution in [0.4, 0.5) is 0 Å². The zero-order valence-corrected chi connectivity index (χ0v) is 21.7. The summed E-state index contributed by atoms with van der Waals surface area (Å²) in [5, 5.41) is 43.1. The third-order valence-corrected chi connectivity index (χ3v) is 5.31. The summed E-state index contributed by atoms with van der Waals surface area (Å²) in [7, 11) is 0. The third-order valence-electron chi connectivity index (χ3n) is 5.31. The van der Waals surface area contributed by atoms with Gasteiger partial charge in [0.2, 0.25) is 23.9 Å². The van der Waals surface area contributed by atoms with Crippen LogP contribution >= 0.6 is 0 Å². The summed E-state index contributed by atoms with van der Waals surface area (Å²) in [6.07, 6.45) is -0.528. The molecule has 1 unspecified atom stereocenters. The number of aliphatic carboxylic acids is 4. The van der Waals surface area contributed by atoms with Crippen molar-refractivity contribution < 1.29 is 68.1 Å². The Morgan fingerprint density at radius 2 is 1.05 bits per heavy atom. The van der Waals surface area contributed by atoms with E-state index in [-0.39, 0.29) is 122 Å². The number of nitrogens with zero attached hydrogens (tertiary/aromatic N) is 1. The molecule has 1 atom stereocenters. The van der Waals surface area contributed by atoms with Crippen molar-refractivity contribution in [3.8, 4) is 0 Å². The van der Waals surface area contributed by atoms with Crippen molar-refractivity contribution in [1.82, 2.24) is 20.9 Å². The minimum absolute atomic E-state index is 0. The van der Waals surface area contributed by atoms with E-state index in [1.807, 2.05) is 10.6 Å². The molecule has 0 bridgehead atoms. The summed E-state index contributed by atoms with van der Waals surface area (Å²) in [6.45, 7) is 1.84. The molecule has 0 aromatic heterocycles. The number of rotatable bonds is 10. The Morgan fingerprint density at radius 3 is 1.50 bits per heavy atom. The second-order valence-electron chi connectivity index (χ2n) is 8.34. The van der Waals surface area contributed by atoms with E-state index < -0.39 is 66.8 Å². The summed E-state index contributed by atoms with van der Waals surface area (Å²) in [5.74, 6) is -9.18. The molecule has 0 radical (unpaired) electrons. The van der Waals surface area contributed by atoms with E-state index in [0.29, 0.717) is 26.3 Å². The van der Waals surface area contributed by atoms with Crippen molar-refractivity contribution >= 4 is 111 Å². The maximum absolute atomic E-state index is 12.6. The first-order valence-electron chi connectivity index (χ1n) is 12.3. The summed E-state index contributed by atoms with van der Waals surface area (Å²) in [5.41, 5.74) is 0. The van der Waals surface area contributed by atoms with Crippen molar-refractivity contribution in [2.45, 2.75) is 24.5 Å². The number of hydrogen-bond acceptors (Lipinski definition) is 12. The van der Waals surface area contributed by atoms with Crippen LogP contribution in [-0.2, 0) is 47.7 Å². The van der Waals surface area contributed by atoms with Crippen LogP contribution < -0.4 is 16.0 Å². The summed E-state index contributed by atoms with van der Waals surface area (Å²) in [6, 6.07) is -5.41. The SMILES string of the molecule is O=C(CC1COCCOCCNCCOCCOCCN1CC(=O)NC(C(=O)O)C(=O)O)NC(C(=O)O)C(=O)O.[LiH].[LiH].[LiH].[LiH]. The zero-order chi connectivity index (χ0) is 29.9. The average molecular weight is 612 g/mol. The number of carbonyl (C=O) groups excluding carboxylic acids is 2. The first kappa shape index (κ1) is 49.8. The van der Waals surface area contributed by atoms with Gasteiger partial charge in [-0.1, -0.05) is 0 Å². The van der Waals surface area contributed by atoms with Crippen molar-refractivity contribution in [2.75, 3.05) is 79.0 Å². The van der Waals surface area contributed by atoms with Crippen LogP contribution in [0.2, 0.25) is 0 Å². The summed E-state index contributed by atoms with van der Waals surface area (Å²) >= 11 is 0. The first-order valence-corrected chi connectivity index (χ1v) is 12.3. The predicted molar refractivity (Wildman–Crippen MR) is 159 cm³/mol. The molecular weight excluding hydrogens is 572 g/mol. The Kier molecular flexibility index (Phi) is 33.3. The van der Waals surface area contributed by atoms with Crippen molar-refractivity contribution in [3.63, 3.8) is 0 Å². The van der Waals surface area contributed by atoms with Gasteiger partial charge in [-0.3, -0.25) is 14.5 Å². The molecule has 2 amide bonds. The fraction of sp³-hybridized carbons (Fsp3) is 0.727. The molecular formula is C22H40Li4N4O14. The number of carboxylic acid groups (broad SMARTS) is 4. The van der Waals surface area contributed by atoms with Crippen LogP contribution in [0.15, 0.2) is 0 Å². The molecule has 0 aromatic carbocycles. The molecule has 1 saturated heterocycles. The van der Waals surface area contributed by atoms with Gasteiger partial charge < -0.3 is 55.3 Å². The Balaban J connectivity index is -0.00000200. The number of carbonyl (C=O) groups is 6. The Bertz CT molecular complexity index is 781. The third kappa shape index (κ3) is 22.5. The Labute approximate surface area is 302 Å². The van der Waals surface area contributed by atoms with Gasteiger partial charge in [0.25, 0.3) is 0 Å². The van der Waals surface area contributed by atoms with E-state index in [1.165, 1.54) is 4.90 Å². The van der Waals surface area contributed by atoms with Gasteiger partial charge in [0, 0.05) is 32.1 Å². The fourth-order valence-electron chi connectivity index (χ4n) is 3.32. The van der Waals surface area contributed by atoms with Crippen LogP contribution in [-0.4, -0.2) is 234 Å². The van der Waals surface area contributed by atoms with Gasteiger partial charge in [0.15, 0.2) is 0 Å². The van der Waals surface area contributed by atoms with Gasteiger partial charge in [-0.15, -0.1) is 0 Å². The van der Waals surface area contributed by atoms with Gasteiger partial charge in [-0.25, -0.2) is 19.2 Å². The minimum atomic E-state index is -2.22. The monoisotopic (exact) mass is 612 g/mol. The molecule has 0 aromatic rings. The number of ether oxygens (including phenoxy) is 4. The van der Waals surface area contributed by atoms with Crippen molar-refractivity contribution in [3.05, 3.63) is 0 Å². The molecule has 0 saturated carbocycles. The van der Waals surface area contributed by atoms with E-state index >= 15 is 0 Å². The molecule has 1 rings (SSSR count). The van der Waals surface area contributed by atoms with Crippen LogP contribution in [0.1, 0.15) is 6.42 Å². The molecule has 1 aliphatic heterocycles. The summed E-state index contributed by atoms with van der Waals surface area (Å²) in [4.78, 5) is 71.2. The number of nitrogens with one attached hydrogen (secondary N) is 3. The number of hydrogen-bond donors (Lipinski definition) is 7. The Hall–Kier alpha value is -1.03. The molecule has 236 valence electrons. The number of carboxylic acids is 4. The van der Waals surface area contributed by atoms with Crippen LogP contribution in [0, 0.1) is 0 Å². The summed E-state index contributed by atoms with van der Waals surface area (Å²) < 4.78 is 21.9. The van der Waals surface area contributed by atoms with E-state index in [1.54, 1.807) is 0 Å². The standard InChI is InChI=1S/C22H36N4O14.4Li.4H/c27-15(24-17(19(29)30)20(31)32)11-14-13-40-10-9-38-5-2-23-1-4-37-7-8-39-6-3-26(14)12-16(28)25-18(21(33)34)22(35)36;;;;;;;;/h14,17-18,23H,1-13H2,(H,24,27)(H,25,28)(H,29,30)(H,31,32)(H,33,34)(H,35,36);;;;;;;;. The number of amides is 2. The normalized spacial score (nSPS) is 17.5. The topological polar surface area (TPSA) is 260 Å².